The fourth-order valence-corrected chi connectivity index (χ4v) is 3.63. The van der Waals surface area contributed by atoms with Crippen LogP contribution in [0, 0.1) is 13.8 Å². The van der Waals surface area contributed by atoms with E-state index in [1.165, 1.54) is 7.11 Å². The van der Waals surface area contributed by atoms with Gasteiger partial charge in [-0.05, 0) is 70.2 Å². The highest BCUT2D eigenvalue weighted by atomic mass is 16.5. The number of ether oxygens (including phenoxy) is 3. The zero-order chi connectivity index (χ0) is 25.4. The predicted octanol–water partition coefficient (Wildman–Crippen LogP) is 4.33. The number of guanidine groups is 1. The van der Waals surface area contributed by atoms with Crippen molar-refractivity contribution in [3.8, 4) is 17.2 Å². The van der Waals surface area contributed by atoms with Gasteiger partial charge in [0.05, 0.1) is 33.1 Å². The highest BCUT2D eigenvalue weighted by Crippen LogP contribution is 2.27. The van der Waals surface area contributed by atoms with Gasteiger partial charge in [-0.3, -0.25) is 14.8 Å². The fraction of sp³-hybridized carbons (Fsp3) is 0.346. The monoisotopic (exact) mass is 479 g/mol. The Morgan fingerprint density at radius 3 is 2.34 bits per heavy atom. The zero-order valence-electron chi connectivity index (χ0n) is 21.1. The standard InChI is InChI=1S/C26H33N5O4/c1-7-31-18(4)22(17(3)30-31)16-27-26(28-20-10-12-21(13-11-20)35-8-2)29-25(32)19-9-14-23(33-5)24(15-19)34-6/h9-15H,7-8,16H2,1-6H3,(H2,27,28,29,32). The van der Waals surface area contributed by atoms with E-state index in [-0.39, 0.29) is 5.91 Å². The Hall–Kier alpha value is -4.01. The molecule has 0 aliphatic rings. The molecular weight excluding hydrogens is 446 g/mol. The molecule has 0 radical (unpaired) electrons. The number of carbonyl (C=O) groups excluding carboxylic acids is 1. The van der Waals surface area contributed by atoms with Gasteiger partial charge in [0.2, 0.25) is 5.96 Å². The summed E-state index contributed by atoms with van der Waals surface area (Å²) in [5.41, 5.74) is 4.17. The van der Waals surface area contributed by atoms with Crippen molar-refractivity contribution < 1.29 is 19.0 Å². The minimum atomic E-state index is -0.333. The number of anilines is 1. The lowest BCUT2D eigenvalue weighted by Crippen LogP contribution is -2.36. The molecule has 0 unspecified atom stereocenters. The third-order valence-electron chi connectivity index (χ3n) is 5.53. The van der Waals surface area contributed by atoms with Gasteiger partial charge in [0, 0.05) is 29.1 Å². The number of amides is 1. The molecule has 0 fully saturated rings. The first-order chi connectivity index (χ1) is 16.9. The summed E-state index contributed by atoms with van der Waals surface area (Å²) in [7, 11) is 3.08. The van der Waals surface area contributed by atoms with Crippen molar-refractivity contribution in [2.75, 3.05) is 26.1 Å². The molecule has 0 aliphatic heterocycles. The largest absolute Gasteiger partial charge is 0.494 e. The number of methoxy groups -OCH3 is 2. The van der Waals surface area contributed by atoms with Crippen LogP contribution in [0.5, 0.6) is 17.2 Å². The summed E-state index contributed by atoms with van der Waals surface area (Å²) in [6.45, 7) is 9.71. The third-order valence-corrected chi connectivity index (χ3v) is 5.53. The molecule has 0 saturated heterocycles. The molecule has 9 nitrogen and oxygen atoms in total. The fourth-order valence-electron chi connectivity index (χ4n) is 3.63. The van der Waals surface area contributed by atoms with Crippen LogP contribution in [0.2, 0.25) is 0 Å². The van der Waals surface area contributed by atoms with Gasteiger partial charge in [-0.15, -0.1) is 0 Å². The molecule has 0 spiro atoms. The van der Waals surface area contributed by atoms with E-state index < -0.39 is 0 Å². The van der Waals surface area contributed by atoms with Crippen LogP contribution in [-0.4, -0.2) is 42.5 Å². The van der Waals surface area contributed by atoms with Gasteiger partial charge in [-0.2, -0.15) is 5.10 Å². The van der Waals surface area contributed by atoms with E-state index in [4.69, 9.17) is 19.2 Å². The number of carbonyl (C=O) groups is 1. The van der Waals surface area contributed by atoms with Crippen molar-refractivity contribution in [1.82, 2.24) is 15.1 Å². The summed E-state index contributed by atoms with van der Waals surface area (Å²) < 4.78 is 18.1. The number of hydrogen-bond donors (Lipinski definition) is 2. The first kappa shape index (κ1) is 25.6. The Morgan fingerprint density at radius 2 is 1.74 bits per heavy atom. The lowest BCUT2D eigenvalue weighted by molar-refractivity contribution is 0.0976. The van der Waals surface area contributed by atoms with Crippen LogP contribution in [0.1, 0.15) is 41.2 Å². The number of aromatic nitrogens is 2. The Kier molecular flexibility index (Phi) is 8.72. The molecule has 0 bridgehead atoms. The average Bonchev–Trinajstić information content (AvgIpc) is 3.15. The number of nitrogens with zero attached hydrogens (tertiary/aromatic N) is 3. The second-order valence-corrected chi connectivity index (χ2v) is 7.74. The minimum Gasteiger partial charge on any atom is -0.494 e. The molecule has 0 atom stereocenters. The van der Waals surface area contributed by atoms with Crippen LogP contribution >= 0.6 is 0 Å². The Bertz CT molecular complexity index is 1190. The Balaban J connectivity index is 1.87. The summed E-state index contributed by atoms with van der Waals surface area (Å²) >= 11 is 0. The summed E-state index contributed by atoms with van der Waals surface area (Å²) in [6.07, 6.45) is 0. The third kappa shape index (κ3) is 6.32. The zero-order valence-corrected chi connectivity index (χ0v) is 21.1. The molecule has 1 heterocycles. The maximum atomic E-state index is 13.1. The Morgan fingerprint density at radius 1 is 1.03 bits per heavy atom. The predicted molar refractivity (Wildman–Crippen MR) is 137 cm³/mol. The van der Waals surface area contributed by atoms with Crippen molar-refractivity contribution in [2.24, 2.45) is 4.99 Å². The first-order valence-electron chi connectivity index (χ1n) is 11.5. The van der Waals surface area contributed by atoms with Gasteiger partial charge in [-0.1, -0.05) is 0 Å². The number of benzene rings is 2. The van der Waals surface area contributed by atoms with Crippen LogP contribution in [0.25, 0.3) is 0 Å². The lowest BCUT2D eigenvalue weighted by Gasteiger charge is -2.14. The SMILES string of the molecule is CCOc1ccc(NC(=NCc2c(C)nn(CC)c2C)NC(=O)c2ccc(OC)c(OC)c2)cc1. The minimum absolute atomic E-state index is 0.317. The molecular formula is C26H33N5O4. The first-order valence-corrected chi connectivity index (χ1v) is 11.5. The Labute approximate surface area is 206 Å². The van der Waals surface area contributed by atoms with E-state index in [1.54, 1.807) is 25.3 Å². The molecule has 3 aromatic rings. The van der Waals surface area contributed by atoms with Gasteiger partial charge in [-0.25, -0.2) is 4.99 Å². The van der Waals surface area contributed by atoms with Crippen LogP contribution < -0.4 is 24.8 Å². The van der Waals surface area contributed by atoms with E-state index in [9.17, 15) is 4.79 Å². The molecule has 1 amide bonds. The number of nitrogens with one attached hydrogen (secondary N) is 2. The maximum Gasteiger partial charge on any atom is 0.258 e. The summed E-state index contributed by atoms with van der Waals surface area (Å²) in [6, 6.07) is 12.4. The lowest BCUT2D eigenvalue weighted by atomic mass is 10.2. The number of rotatable bonds is 9. The smallest absolute Gasteiger partial charge is 0.258 e. The van der Waals surface area contributed by atoms with Crippen LogP contribution in [0.3, 0.4) is 0 Å². The number of aliphatic imine (C=N–C) groups is 1. The molecule has 2 N–H and O–H groups in total. The van der Waals surface area contributed by atoms with Gasteiger partial charge in [0.1, 0.15) is 5.75 Å². The molecule has 3 rings (SSSR count). The van der Waals surface area contributed by atoms with E-state index in [0.29, 0.717) is 36.2 Å². The quantitative estimate of drug-likeness (QED) is 0.350. The van der Waals surface area contributed by atoms with Gasteiger partial charge >= 0.3 is 0 Å². The molecule has 9 heteroatoms. The van der Waals surface area contributed by atoms with Gasteiger partial charge < -0.3 is 19.5 Å². The van der Waals surface area contributed by atoms with Crippen LogP contribution in [0.15, 0.2) is 47.5 Å². The molecule has 0 aliphatic carbocycles. The average molecular weight is 480 g/mol. The van der Waals surface area contributed by atoms with Crippen molar-refractivity contribution >= 4 is 17.6 Å². The van der Waals surface area contributed by atoms with Gasteiger partial charge in [0.15, 0.2) is 11.5 Å². The maximum absolute atomic E-state index is 13.1. The molecule has 1 aromatic heterocycles. The summed E-state index contributed by atoms with van der Waals surface area (Å²) in [5, 5.41) is 10.7. The second-order valence-electron chi connectivity index (χ2n) is 7.74. The molecule has 0 saturated carbocycles. The van der Waals surface area contributed by atoms with Crippen molar-refractivity contribution in [1.29, 1.82) is 0 Å². The molecule has 2 aromatic carbocycles. The van der Waals surface area contributed by atoms with E-state index in [0.717, 1.165) is 34.9 Å². The summed E-state index contributed by atoms with van der Waals surface area (Å²) in [5.74, 6) is 1.77. The molecule has 186 valence electrons. The van der Waals surface area contributed by atoms with Crippen molar-refractivity contribution in [2.45, 2.75) is 40.8 Å². The summed E-state index contributed by atoms with van der Waals surface area (Å²) in [4.78, 5) is 17.8. The van der Waals surface area contributed by atoms with Crippen LogP contribution in [-0.2, 0) is 13.1 Å². The normalized spacial score (nSPS) is 11.2. The van der Waals surface area contributed by atoms with Crippen molar-refractivity contribution in [3.63, 3.8) is 0 Å². The van der Waals surface area contributed by atoms with Crippen molar-refractivity contribution in [3.05, 3.63) is 65.0 Å². The van der Waals surface area contributed by atoms with Crippen LogP contribution in [0.4, 0.5) is 5.69 Å². The van der Waals surface area contributed by atoms with E-state index in [2.05, 4.69) is 22.7 Å². The highest BCUT2D eigenvalue weighted by Gasteiger charge is 2.15. The van der Waals surface area contributed by atoms with E-state index in [1.807, 2.05) is 49.7 Å². The van der Waals surface area contributed by atoms with Gasteiger partial charge in [0.25, 0.3) is 5.91 Å². The number of aryl methyl sites for hydroxylation is 2. The topological polar surface area (TPSA) is 99.0 Å². The second kappa shape index (κ2) is 11.9. The van der Waals surface area contributed by atoms with E-state index >= 15 is 0 Å². The highest BCUT2D eigenvalue weighted by molar-refractivity contribution is 6.10. The molecule has 35 heavy (non-hydrogen) atoms. The number of hydrogen-bond acceptors (Lipinski definition) is 6.